The largest absolute Gasteiger partial charge is 0.388 e. The minimum Gasteiger partial charge on any atom is -0.388 e. The lowest BCUT2D eigenvalue weighted by molar-refractivity contribution is 0.174. The Labute approximate surface area is 125 Å². The molecule has 2 rings (SSSR count). The van der Waals surface area contributed by atoms with E-state index in [-0.39, 0.29) is 0 Å². The number of aliphatic hydroxyl groups is 1. The van der Waals surface area contributed by atoms with Gasteiger partial charge in [-0.2, -0.15) is 5.10 Å². The Morgan fingerprint density at radius 3 is 2.75 bits per heavy atom. The maximum absolute atomic E-state index is 10.4. The highest BCUT2D eigenvalue weighted by molar-refractivity contribution is 7.98. The summed E-state index contributed by atoms with van der Waals surface area (Å²) in [5.41, 5.74) is 1.92. The Hall–Kier alpha value is -1.26. The highest BCUT2D eigenvalue weighted by atomic mass is 32.2. The van der Waals surface area contributed by atoms with Crippen LogP contribution < -0.4 is 0 Å². The van der Waals surface area contributed by atoms with E-state index in [1.165, 1.54) is 0 Å². The van der Waals surface area contributed by atoms with E-state index in [1.54, 1.807) is 11.8 Å². The van der Waals surface area contributed by atoms with Crippen molar-refractivity contribution in [2.45, 2.75) is 43.7 Å². The minimum absolute atomic E-state index is 0.402. The van der Waals surface area contributed by atoms with Crippen molar-refractivity contribution >= 4 is 11.8 Å². The fraction of sp³-hybridized carbons (Fsp3) is 0.438. The van der Waals surface area contributed by atoms with Gasteiger partial charge in [-0.3, -0.25) is 4.68 Å². The van der Waals surface area contributed by atoms with Gasteiger partial charge in [0.15, 0.2) is 0 Å². The average Bonchev–Trinajstić information content (AvgIpc) is 2.94. The van der Waals surface area contributed by atoms with E-state index in [1.807, 2.05) is 47.5 Å². The van der Waals surface area contributed by atoms with Crippen LogP contribution in [-0.4, -0.2) is 21.1 Å². The second-order valence-corrected chi connectivity index (χ2v) is 5.85. The van der Waals surface area contributed by atoms with Crippen LogP contribution in [0.5, 0.6) is 0 Å². The van der Waals surface area contributed by atoms with Gasteiger partial charge in [-0.1, -0.05) is 25.1 Å². The Balaban J connectivity index is 2.11. The zero-order valence-corrected chi connectivity index (χ0v) is 13.1. The first-order chi connectivity index (χ1) is 9.65. The molecule has 0 amide bonds. The Bertz CT molecular complexity index is 553. The summed E-state index contributed by atoms with van der Waals surface area (Å²) in [7, 11) is 0. The van der Waals surface area contributed by atoms with Crippen LogP contribution in [0, 0.1) is 0 Å². The van der Waals surface area contributed by atoms with E-state index < -0.39 is 6.10 Å². The zero-order chi connectivity index (χ0) is 14.5. The summed E-state index contributed by atoms with van der Waals surface area (Å²) < 4.78 is 1.97. The monoisotopic (exact) mass is 290 g/mol. The maximum atomic E-state index is 10.4. The number of aliphatic hydroxyl groups excluding tert-OH is 1. The van der Waals surface area contributed by atoms with E-state index in [0.29, 0.717) is 12.5 Å². The standard InChI is InChI=1S/C16H22N2OS/c1-4-12(2)18-10-9-13(17-18)11-15(19)14-7-5-6-8-16(14)20-3/h5-10,12,15,19H,4,11H2,1-3H3. The molecule has 0 radical (unpaired) electrons. The van der Waals surface area contributed by atoms with Gasteiger partial charge in [0.05, 0.1) is 11.8 Å². The lowest BCUT2D eigenvalue weighted by Gasteiger charge is -2.13. The molecule has 0 aliphatic heterocycles. The molecule has 0 fully saturated rings. The minimum atomic E-state index is -0.501. The fourth-order valence-corrected chi connectivity index (χ4v) is 2.82. The first-order valence-corrected chi connectivity index (χ1v) is 8.23. The van der Waals surface area contributed by atoms with Crippen LogP contribution in [0.15, 0.2) is 41.4 Å². The van der Waals surface area contributed by atoms with E-state index in [2.05, 4.69) is 18.9 Å². The Morgan fingerprint density at radius 2 is 2.05 bits per heavy atom. The van der Waals surface area contributed by atoms with Crippen molar-refractivity contribution in [1.82, 2.24) is 9.78 Å². The molecule has 0 spiro atoms. The molecule has 0 bridgehead atoms. The van der Waals surface area contributed by atoms with E-state index >= 15 is 0 Å². The third kappa shape index (κ3) is 3.44. The summed E-state index contributed by atoms with van der Waals surface area (Å²) in [6, 6.07) is 10.4. The summed E-state index contributed by atoms with van der Waals surface area (Å²) in [6.07, 6.45) is 5.14. The summed E-state index contributed by atoms with van der Waals surface area (Å²) in [5, 5.41) is 15.0. The van der Waals surface area contributed by atoms with E-state index in [0.717, 1.165) is 22.6 Å². The molecule has 0 aliphatic carbocycles. The van der Waals surface area contributed by atoms with Gasteiger partial charge in [-0.05, 0) is 37.3 Å². The highest BCUT2D eigenvalue weighted by Gasteiger charge is 2.14. The molecule has 0 aliphatic rings. The molecule has 2 aromatic rings. The van der Waals surface area contributed by atoms with Gasteiger partial charge in [-0.25, -0.2) is 0 Å². The summed E-state index contributed by atoms with van der Waals surface area (Å²) >= 11 is 1.66. The quantitative estimate of drug-likeness (QED) is 0.821. The van der Waals surface area contributed by atoms with E-state index in [9.17, 15) is 5.11 Å². The smallest absolute Gasteiger partial charge is 0.0856 e. The number of hydrogen-bond acceptors (Lipinski definition) is 3. The van der Waals surface area contributed by atoms with Crippen LogP contribution >= 0.6 is 11.8 Å². The van der Waals surface area contributed by atoms with Crippen molar-refractivity contribution in [3.8, 4) is 0 Å². The second kappa shape index (κ2) is 6.95. The predicted molar refractivity (Wildman–Crippen MR) is 84.1 cm³/mol. The SMILES string of the molecule is CCC(C)n1ccc(CC(O)c2ccccc2SC)n1. The molecule has 0 saturated heterocycles. The number of nitrogens with zero attached hydrogens (tertiary/aromatic N) is 2. The van der Waals surface area contributed by atoms with Gasteiger partial charge in [0.25, 0.3) is 0 Å². The molecular weight excluding hydrogens is 268 g/mol. The molecule has 0 saturated carbocycles. The van der Waals surface area contributed by atoms with Crippen molar-refractivity contribution in [1.29, 1.82) is 0 Å². The Kier molecular flexibility index (Phi) is 5.26. The molecule has 2 unspecified atom stereocenters. The molecule has 1 heterocycles. The predicted octanol–water partition coefficient (Wildman–Crippen LogP) is 3.85. The third-order valence-electron chi connectivity index (χ3n) is 3.61. The molecule has 1 aromatic heterocycles. The fourth-order valence-electron chi connectivity index (χ4n) is 2.17. The zero-order valence-electron chi connectivity index (χ0n) is 12.3. The maximum Gasteiger partial charge on any atom is 0.0856 e. The third-order valence-corrected chi connectivity index (χ3v) is 4.42. The van der Waals surface area contributed by atoms with Crippen molar-refractivity contribution < 1.29 is 5.11 Å². The lowest BCUT2D eigenvalue weighted by atomic mass is 10.1. The summed E-state index contributed by atoms with van der Waals surface area (Å²) in [5.74, 6) is 0. The van der Waals surface area contributed by atoms with Crippen LogP contribution in [0.3, 0.4) is 0 Å². The van der Waals surface area contributed by atoms with Gasteiger partial charge in [0, 0.05) is 23.6 Å². The van der Waals surface area contributed by atoms with Crippen molar-refractivity contribution in [3.05, 3.63) is 47.8 Å². The topological polar surface area (TPSA) is 38.0 Å². The molecule has 2 atom stereocenters. The lowest BCUT2D eigenvalue weighted by Crippen LogP contribution is -2.07. The average molecular weight is 290 g/mol. The van der Waals surface area contributed by atoms with Crippen molar-refractivity contribution in [2.24, 2.45) is 0 Å². The van der Waals surface area contributed by atoms with E-state index in [4.69, 9.17) is 0 Å². The molecule has 108 valence electrons. The first-order valence-electron chi connectivity index (χ1n) is 7.00. The van der Waals surface area contributed by atoms with Gasteiger partial charge in [0.2, 0.25) is 0 Å². The normalized spacial score (nSPS) is 14.2. The van der Waals surface area contributed by atoms with Gasteiger partial charge < -0.3 is 5.11 Å². The van der Waals surface area contributed by atoms with Crippen LogP contribution in [0.4, 0.5) is 0 Å². The summed E-state index contributed by atoms with van der Waals surface area (Å²) in [6.45, 7) is 4.30. The van der Waals surface area contributed by atoms with Crippen molar-refractivity contribution in [2.75, 3.05) is 6.26 Å². The van der Waals surface area contributed by atoms with Gasteiger partial charge in [0.1, 0.15) is 0 Å². The number of hydrogen-bond donors (Lipinski definition) is 1. The van der Waals surface area contributed by atoms with Crippen LogP contribution in [0.1, 0.15) is 43.7 Å². The molecule has 4 heteroatoms. The molecule has 3 nitrogen and oxygen atoms in total. The van der Waals surface area contributed by atoms with Crippen LogP contribution in [-0.2, 0) is 6.42 Å². The van der Waals surface area contributed by atoms with Gasteiger partial charge >= 0.3 is 0 Å². The number of thioether (sulfide) groups is 1. The van der Waals surface area contributed by atoms with Crippen LogP contribution in [0.2, 0.25) is 0 Å². The number of benzene rings is 1. The van der Waals surface area contributed by atoms with Gasteiger partial charge in [-0.15, -0.1) is 11.8 Å². The highest BCUT2D eigenvalue weighted by Crippen LogP contribution is 2.27. The molecule has 1 N–H and O–H groups in total. The second-order valence-electron chi connectivity index (χ2n) is 5.01. The first kappa shape index (κ1) is 15.1. The number of rotatable bonds is 6. The number of aromatic nitrogens is 2. The van der Waals surface area contributed by atoms with Crippen LogP contribution in [0.25, 0.3) is 0 Å². The van der Waals surface area contributed by atoms with Crippen molar-refractivity contribution in [3.63, 3.8) is 0 Å². The molecular formula is C16H22N2OS. The summed E-state index contributed by atoms with van der Waals surface area (Å²) in [4.78, 5) is 1.13. The molecule has 20 heavy (non-hydrogen) atoms. The Morgan fingerprint density at radius 1 is 1.30 bits per heavy atom. The molecule has 1 aromatic carbocycles.